The van der Waals surface area contributed by atoms with Gasteiger partial charge in [0.1, 0.15) is 0 Å². The Morgan fingerprint density at radius 1 is 0.957 bits per heavy atom. The molecule has 0 aliphatic carbocycles. The fraction of sp³-hybridized carbons (Fsp3) is 0.389. The van der Waals surface area contributed by atoms with Crippen molar-refractivity contribution in [3.8, 4) is 5.95 Å². The molecule has 0 amide bonds. The first-order valence-corrected chi connectivity index (χ1v) is 8.41. The number of hydrogen-bond acceptors (Lipinski definition) is 4. The van der Waals surface area contributed by atoms with Gasteiger partial charge in [0.15, 0.2) is 0 Å². The molecule has 1 fully saturated rings. The Kier molecular flexibility index (Phi) is 4.86. The van der Waals surface area contributed by atoms with Crippen LogP contribution in [0.3, 0.4) is 0 Å². The van der Waals surface area contributed by atoms with E-state index in [1.165, 1.54) is 24.9 Å². The Morgan fingerprint density at radius 3 is 2.43 bits per heavy atom. The van der Waals surface area contributed by atoms with Gasteiger partial charge in [0, 0.05) is 31.7 Å². The number of anilines is 1. The van der Waals surface area contributed by atoms with Gasteiger partial charge in [-0.25, -0.2) is 9.97 Å². The maximum absolute atomic E-state index is 4.58. The molecule has 0 N–H and O–H groups in total. The fourth-order valence-electron chi connectivity index (χ4n) is 2.91. The zero-order chi connectivity index (χ0) is 16.1. The number of aromatic nitrogens is 4. The second kappa shape index (κ2) is 7.22. The standard InChI is InChI=1S/C16H17N5.C2H6/c1-2-8-20(9-3-1)13-11-15-14(19-12-13)5-10-21(15)16-17-6-4-7-18-16;1-2/h4-7,10-12H,1-3,8-9H2;1-2H3. The van der Waals surface area contributed by atoms with Gasteiger partial charge in [-0.1, -0.05) is 13.8 Å². The first-order chi connectivity index (χ1) is 11.4. The highest BCUT2D eigenvalue weighted by Crippen LogP contribution is 2.24. The van der Waals surface area contributed by atoms with Crippen molar-refractivity contribution in [2.24, 2.45) is 0 Å². The Balaban J connectivity index is 0.000000753. The van der Waals surface area contributed by atoms with E-state index >= 15 is 0 Å². The van der Waals surface area contributed by atoms with Crippen LogP contribution in [0, 0.1) is 0 Å². The van der Waals surface area contributed by atoms with Crippen molar-refractivity contribution < 1.29 is 0 Å². The predicted molar refractivity (Wildman–Crippen MR) is 94.1 cm³/mol. The number of rotatable bonds is 2. The first kappa shape index (κ1) is 15.5. The number of hydrogen-bond donors (Lipinski definition) is 0. The number of piperidine rings is 1. The van der Waals surface area contributed by atoms with E-state index in [1.54, 1.807) is 12.4 Å². The lowest BCUT2D eigenvalue weighted by Gasteiger charge is -2.28. The van der Waals surface area contributed by atoms with Crippen molar-refractivity contribution in [3.05, 3.63) is 43.0 Å². The molecule has 0 spiro atoms. The molecule has 4 rings (SSSR count). The molecule has 1 aliphatic rings. The highest BCUT2D eigenvalue weighted by molar-refractivity contribution is 5.80. The highest BCUT2D eigenvalue weighted by atomic mass is 15.2. The highest BCUT2D eigenvalue weighted by Gasteiger charge is 2.13. The molecule has 0 unspecified atom stereocenters. The second-order valence-electron chi connectivity index (χ2n) is 5.38. The topological polar surface area (TPSA) is 46.8 Å². The molecular weight excluding hydrogens is 286 g/mol. The van der Waals surface area contributed by atoms with Crippen LogP contribution in [0.5, 0.6) is 0 Å². The van der Waals surface area contributed by atoms with Crippen LogP contribution in [0.1, 0.15) is 33.1 Å². The Bertz CT molecular complexity index is 744. The van der Waals surface area contributed by atoms with Crippen LogP contribution >= 0.6 is 0 Å². The molecule has 0 atom stereocenters. The summed E-state index contributed by atoms with van der Waals surface area (Å²) in [6, 6.07) is 6.03. The van der Waals surface area contributed by atoms with Crippen LogP contribution in [0.15, 0.2) is 43.0 Å². The van der Waals surface area contributed by atoms with Crippen molar-refractivity contribution in [1.29, 1.82) is 0 Å². The van der Waals surface area contributed by atoms with Crippen LogP contribution in [0.4, 0.5) is 5.69 Å². The van der Waals surface area contributed by atoms with Gasteiger partial charge in [-0.3, -0.25) is 9.55 Å². The first-order valence-electron chi connectivity index (χ1n) is 8.41. The third-order valence-corrected chi connectivity index (χ3v) is 4.01. The summed E-state index contributed by atoms with van der Waals surface area (Å²) >= 11 is 0. The molecule has 0 saturated carbocycles. The zero-order valence-corrected chi connectivity index (χ0v) is 13.8. The molecule has 3 aromatic rings. The number of fused-ring (bicyclic) bond motifs is 1. The lowest BCUT2D eigenvalue weighted by Crippen LogP contribution is -2.29. The van der Waals surface area contributed by atoms with Gasteiger partial charge in [-0.15, -0.1) is 0 Å². The Labute approximate surface area is 137 Å². The summed E-state index contributed by atoms with van der Waals surface area (Å²) in [7, 11) is 0. The molecule has 1 aliphatic heterocycles. The van der Waals surface area contributed by atoms with Gasteiger partial charge in [-0.05, 0) is 37.5 Å². The van der Waals surface area contributed by atoms with Crippen molar-refractivity contribution in [1.82, 2.24) is 19.5 Å². The molecule has 120 valence electrons. The summed E-state index contributed by atoms with van der Waals surface area (Å²) in [6.07, 6.45) is 11.3. The van der Waals surface area contributed by atoms with Crippen molar-refractivity contribution in [2.45, 2.75) is 33.1 Å². The van der Waals surface area contributed by atoms with Crippen LogP contribution in [-0.2, 0) is 0 Å². The van der Waals surface area contributed by atoms with E-state index < -0.39 is 0 Å². The molecule has 4 heterocycles. The largest absolute Gasteiger partial charge is 0.370 e. The van der Waals surface area contributed by atoms with E-state index in [4.69, 9.17) is 0 Å². The zero-order valence-electron chi connectivity index (χ0n) is 13.8. The third-order valence-electron chi connectivity index (χ3n) is 4.01. The quantitative estimate of drug-likeness (QED) is 0.722. The molecule has 5 nitrogen and oxygen atoms in total. The van der Waals surface area contributed by atoms with E-state index in [0.717, 1.165) is 24.1 Å². The van der Waals surface area contributed by atoms with Gasteiger partial charge in [-0.2, -0.15) is 0 Å². The monoisotopic (exact) mass is 309 g/mol. The van der Waals surface area contributed by atoms with Crippen molar-refractivity contribution in [3.63, 3.8) is 0 Å². The molecule has 5 heteroatoms. The van der Waals surface area contributed by atoms with Gasteiger partial charge < -0.3 is 4.90 Å². The van der Waals surface area contributed by atoms with Crippen molar-refractivity contribution in [2.75, 3.05) is 18.0 Å². The van der Waals surface area contributed by atoms with Gasteiger partial charge in [0.25, 0.3) is 0 Å². The third kappa shape index (κ3) is 3.18. The molecule has 1 saturated heterocycles. The summed E-state index contributed by atoms with van der Waals surface area (Å²) in [5.41, 5.74) is 3.23. The fourth-order valence-corrected chi connectivity index (χ4v) is 2.91. The minimum atomic E-state index is 0.685. The van der Waals surface area contributed by atoms with Crippen LogP contribution in [0.25, 0.3) is 17.0 Å². The molecular formula is C18H23N5. The molecule has 0 radical (unpaired) electrons. The maximum Gasteiger partial charge on any atom is 0.234 e. The SMILES string of the molecule is CC.c1cnc(-n2ccc3ncc(N4CCCCC4)cc32)nc1. The maximum atomic E-state index is 4.58. The van der Waals surface area contributed by atoms with Crippen LogP contribution in [0.2, 0.25) is 0 Å². The molecule has 3 aromatic heterocycles. The molecule has 0 bridgehead atoms. The summed E-state index contributed by atoms with van der Waals surface area (Å²) < 4.78 is 2.00. The van der Waals surface area contributed by atoms with E-state index in [9.17, 15) is 0 Å². The predicted octanol–water partition coefficient (Wildman–Crippen LogP) is 3.83. The van der Waals surface area contributed by atoms with E-state index in [1.807, 2.05) is 42.9 Å². The summed E-state index contributed by atoms with van der Waals surface area (Å²) in [6.45, 7) is 6.24. The summed E-state index contributed by atoms with van der Waals surface area (Å²) in [5.74, 6) is 0.685. The van der Waals surface area contributed by atoms with Crippen molar-refractivity contribution >= 4 is 16.7 Å². The van der Waals surface area contributed by atoms with E-state index in [2.05, 4.69) is 25.9 Å². The lowest BCUT2D eigenvalue weighted by atomic mass is 10.1. The lowest BCUT2D eigenvalue weighted by molar-refractivity contribution is 0.577. The molecule has 0 aromatic carbocycles. The average molecular weight is 309 g/mol. The van der Waals surface area contributed by atoms with Gasteiger partial charge >= 0.3 is 0 Å². The van der Waals surface area contributed by atoms with E-state index in [-0.39, 0.29) is 0 Å². The Morgan fingerprint density at radius 2 is 1.70 bits per heavy atom. The van der Waals surface area contributed by atoms with Gasteiger partial charge in [0.2, 0.25) is 5.95 Å². The number of pyridine rings is 1. The van der Waals surface area contributed by atoms with E-state index in [0.29, 0.717) is 5.95 Å². The average Bonchev–Trinajstić information content (AvgIpc) is 3.08. The minimum absolute atomic E-state index is 0.685. The summed E-state index contributed by atoms with van der Waals surface area (Å²) in [4.78, 5) is 15.6. The van der Waals surface area contributed by atoms with Crippen LogP contribution < -0.4 is 4.90 Å². The second-order valence-corrected chi connectivity index (χ2v) is 5.38. The minimum Gasteiger partial charge on any atom is -0.370 e. The number of nitrogens with zero attached hydrogens (tertiary/aromatic N) is 5. The smallest absolute Gasteiger partial charge is 0.234 e. The van der Waals surface area contributed by atoms with Gasteiger partial charge in [0.05, 0.1) is 22.9 Å². The Hall–Kier alpha value is -2.43. The summed E-state index contributed by atoms with van der Waals surface area (Å²) in [5, 5.41) is 0. The van der Waals surface area contributed by atoms with Crippen LogP contribution in [-0.4, -0.2) is 32.6 Å². The molecule has 23 heavy (non-hydrogen) atoms. The normalized spacial score (nSPS) is 14.4.